The number of carbonyl (C=O) groups is 1. The van der Waals surface area contributed by atoms with E-state index in [0.29, 0.717) is 24.7 Å². The number of hydrogen-bond donors (Lipinski definition) is 1. The molecule has 6 nitrogen and oxygen atoms in total. The van der Waals surface area contributed by atoms with Crippen LogP contribution in [0.3, 0.4) is 0 Å². The number of amides is 1. The molecule has 0 spiro atoms. The van der Waals surface area contributed by atoms with Crippen molar-refractivity contribution in [1.82, 2.24) is 9.80 Å². The first-order valence-electron chi connectivity index (χ1n) is 11.0. The molecule has 1 amide bonds. The summed E-state index contributed by atoms with van der Waals surface area (Å²) >= 11 is 0. The second kappa shape index (κ2) is 11.5. The van der Waals surface area contributed by atoms with Gasteiger partial charge in [-0.3, -0.25) is 9.69 Å². The molecule has 1 aliphatic heterocycles. The van der Waals surface area contributed by atoms with Gasteiger partial charge in [-0.05, 0) is 62.4 Å². The number of piperazine rings is 1. The summed E-state index contributed by atoms with van der Waals surface area (Å²) in [5, 5.41) is 2.96. The molecule has 0 atom stereocenters. The van der Waals surface area contributed by atoms with Crippen molar-refractivity contribution in [3.63, 3.8) is 0 Å². The molecule has 1 heterocycles. The Morgan fingerprint density at radius 2 is 1.74 bits per heavy atom. The van der Waals surface area contributed by atoms with Crippen molar-refractivity contribution in [3.8, 4) is 11.5 Å². The highest BCUT2D eigenvalue weighted by molar-refractivity contribution is 6.02. The molecule has 1 N–H and O–H groups in total. The monoisotopic (exact) mass is 423 g/mol. The maximum atomic E-state index is 12.4. The SMILES string of the molecule is CCOc1ccc(C=CC(=O)Nc2cccc(CN3CCN(C)CC3)c2)cc1OCC. The van der Waals surface area contributed by atoms with Gasteiger partial charge in [-0.15, -0.1) is 0 Å². The standard InChI is InChI=1S/C25H33N3O3/c1-4-30-23-11-9-20(18-24(23)31-5-2)10-12-25(29)26-22-8-6-7-21(17-22)19-28-15-13-27(3)14-16-28/h6-12,17-18H,4-5,13-16,19H2,1-3H3,(H,26,29). The maximum absolute atomic E-state index is 12.4. The van der Waals surface area contributed by atoms with Crippen molar-refractivity contribution in [1.29, 1.82) is 0 Å². The smallest absolute Gasteiger partial charge is 0.248 e. The summed E-state index contributed by atoms with van der Waals surface area (Å²) in [6, 6.07) is 13.7. The minimum absolute atomic E-state index is 0.163. The number of rotatable bonds is 9. The van der Waals surface area contributed by atoms with Crippen LogP contribution in [0.25, 0.3) is 6.08 Å². The molecule has 0 saturated carbocycles. The van der Waals surface area contributed by atoms with Crippen LogP contribution in [0.1, 0.15) is 25.0 Å². The van der Waals surface area contributed by atoms with E-state index in [1.54, 1.807) is 12.2 Å². The van der Waals surface area contributed by atoms with Gasteiger partial charge < -0.3 is 19.7 Å². The van der Waals surface area contributed by atoms with Crippen LogP contribution in [-0.2, 0) is 11.3 Å². The lowest BCUT2D eigenvalue weighted by atomic mass is 10.1. The molecule has 0 radical (unpaired) electrons. The van der Waals surface area contributed by atoms with Gasteiger partial charge in [0.2, 0.25) is 5.91 Å². The average Bonchev–Trinajstić information content (AvgIpc) is 2.76. The van der Waals surface area contributed by atoms with E-state index in [9.17, 15) is 4.79 Å². The molecule has 0 bridgehead atoms. The van der Waals surface area contributed by atoms with Crippen LogP contribution in [0, 0.1) is 0 Å². The molecule has 2 aromatic carbocycles. The van der Waals surface area contributed by atoms with E-state index >= 15 is 0 Å². The molecule has 1 fully saturated rings. The second-order valence-corrected chi connectivity index (χ2v) is 7.67. The predicted octanol–water partition coefficient (Wildman–Crippen LogP) is 3.88. The van der Waals surface area contributed by atoms with E-state index in [1.165, 1.54) is 5.56 Å². The number of nitrogens with zero attached hydrogens (tertiary/aromatic N) is 2. The van der Waals surface area contributed by atoms with Crippen LogP contribution in [0.15, 0.2) is 48.5 Å². The number of carbonyl (C=O) groups excluding carboxylic acids is 1. The molecule has 6 heteroatoms. The van der Waals surface area contributed by atoms with E-state index in [1.807, 2.05) is 50.2 Å². The Morgan fingerprint density at radius 3 is 2.48 bits per heavy atom. The Kier molecular flexibility index (Phi) is 8.50. The van der Waals surface area contributed by atoms with Crippen molar-refractivity contribution in [2.45, 2.75) is 20.4 Å². The van der Waals surface area contributed by atoms with Crippen molar-refractivity contribution >= 4 is 17.7 Å². The van der Waals surface area contributed by atoms with Crippen LogP contribution in [0.2, 0.25) is 0 Å². The lowest BCUT2D eigenvalue weighted by Gasteiger charge is -2.32. The summed E-state index contributed by atoms with van der Waals surface area (Å²) in [4.78, 5) is 17.2. The number of anilines is 1. The molecule has 0 aromatic heterocycles. The average molecular weight is 424 g/mol. The van der Waals surface area contributed by atoms with Gasteiger partial charge in [0.25, 0.3) is 0 Å². The number of benzene rings is 2. The third-order valence-corrected chi connectivity index (χ3v) is 5.19. The first-order chi connectivity index (χ1) is 15.1. The summed E-state index contributed by atoms with van der Waals surface area (Å²) in [5.74, 6) is 1.23. The topological polar surface area (TPSA) is 54.0 Å². The Hall–Kier alpha value is -2.83. The summed E-state index contributed by atoms with van der Waals surface area (Å²) in [5.41, 5.74) is 2.90. The Morgan fingerprint density at radius 1 is 1.00 bits per heavy atom. The maximum Gasteiger partial charge on any atom is 0.248 e. The molecule has 0 aliphatic carbocycles. The fourth-order valence-corrected chi connectivity index (χ4v) is 3.54. The predicted molar refractivity (Wildman–Crippen MR) is 126 cm³/mol. The van der Waals surface area contributed by atoms with Gasteiger partial charge in [0.05, 0.1) is 13.2 Å². The highest BCUT2D eigenvalue weighted by Crippen LogP contribution is 2.29. The fourth-order valence-electron chi connectivity index (χ4n) is 3.54. The van der Waals surface area contributed by atoms with Gasteiger partial charge in [0.15, 0.2) is 11.5 Å². The summed E-state index contributed by atoms with van der Waals surface area (Å²) in [6.07, 6.45) is 3.32. The summed E-state index contributed by atoms with van der Waals surface area (Å²) < 4.78 is 11.2. The lowest BCUT2D eigenvalue weighted by molar-refractivity contribution is -0.111. The first kappa shape index (κ1) is 22.8. The van der Waals surface area contributed by atoms with Gasteiger partial charge in [-0.25, -0.2) is 0 Å². The minimum atomic E-state index is -0.163. The second-order valence-electron chi connectivity index (χ2n) is 7.67. The van der Waals surface area contributed by atoms with E-state index in [2.05, 4.69) is 28.2 Å². The van der Waals surface area contributed by atoms with Crippen LogP contribution in [0.4, 0.5) is 5.69 Å². The van der Waals surface area contributed by atoms with Gasteiger partial charge in [0.1, 0.15) is 0 Å². The van der Waals surface area contributed by atoms with Gasteiger partial charge >= 0.3 is 0 Å². The van der Waals surface area contributed by atoms with E-state index in [0.717, 1.165) is 44.0 Å². The molecular formula is C25H33N3O3. The van der Waals surface area contributed by atoms with Crippen molar-refractivity contribution in [3.05, 3.63) is 59.7 Å². The molecule has 1 aliphatic rings. The molecule has 1 saturated heterocycles. The van der Waals surface area contributed by atoms with Crippen molar-refractivity contribution < 1.29 is 14.3 Å². The zero-order valence-corrected chi connectivity index (χ0v) is 18.8. The number of likely N-dealkylation sites (N-methyl/N-ethyl adjacent to an activating group) is 1. The van der Waals surface area contributed by atoms with Crippen LogP contribution in [-0.4, -0.2) is 62.1 Å². The van der Waals surface area contributed by atoms with Gasteiger partial charge in [0, 0.05) is 44.5 Å². The van der Waals surface area contributed by atoms with Crippen molar-refractivity contribution in [2.24, 2.45) is 0 Å². The molecule has 2 aromatic rings. The highest BCUT2D eigenvalue weighted by Gasteiger charge is 2.14. The van der Waals surface area contributed by atoms with Crippen LogP contribution < -0.4 is 14.8 Å². The molecule has 166 valence electrons. The number of nitrogens with one attached hydrogen (secondary N) is 1. The summed E-state index contributed by atoms with van der Waals surface area (Å²) in [6.45, 7) is 10.2. The van der Waals surface area contributed by atoms with E-state index in [-0.39, 0.29) is 5.91 Å². The Labute approximate surface area is 185 Å². The van der Waals surface area contributed by atoms with E-state index < -0.39 is 0 Å². The Balaban J connectivity index is 1.59. The third-order valence-electron chi connectivity index (χ3n) is 5.19. The van der Waals surface area contributed by atoms with E-state index in [4.69, 9.17) is 9.47 Å². The largest absolute Gasteiger partial charge is 0.490 e. The van der Waals surface area contributed by atoms with Gasteiger partial charge in [-0.1, -0.05) is 18.2 Å². The lowest BCUT2D eigenvalue weighted by Crippen LogP contribution is -2.43. The molecule has 0 unspecified atom stereocenters. The zero-order chi connectivity index (χ0) is 22.1. The zero-order valence-electron chi connectivity index (χ0n) is 18.8. The van der Waals surface area contributed by atoms with Gasteiger partial charge in [-0.2, -0.15) is 0 Å². The summed E-state index contributed by atoms with van der Waals surface area (Å²) in [7, 11) is 2.16. The highest BCUT2D eigenvalue weighted by atomic mass is 16.5. The van der Waals surface area contributed by atoms with Crippen LogP contribution in [0.5, 0.6) is 11.5 Å². The Bertz CT molecular complexity index is 889. The normalized spacial score (nSPS) is 15.2. The third kappa shape index (κ3) is 7.12. The van der Waals surface area contributed by atoms with Crippen LogP contribution >= 0.6 is 0 Å². The molecule has 3 rings (SSSR count). The quantitative estimate of drug-likeness (QED) is 0.621. The minimum Gasteiger partial charge on any atom is -0.490 e. The van der Waals surface area contributed by atoms with Crippen molar-refractivity contribution in [2.75, 3.05) is 51.8 Å². The molecular weight excluding hydrogens is 390 g/mol. The number of hydrogen-bond acceptors (Lipinski definition) is 5. The first-order valence-corrected chi connectivity index (χ1v) is 11.0. The molecule has 31 heavy (non-hydrogen) atoms. The number of ether oxygens (including phenoxy) is 2. The fraction of sp³-hybridized carbons (Fsp3) is 0.400.